The van der Waals surface area contributed by atoms with Crippen LogP contribution in [0.5, 0.6) is 0 Å². The van der Waals surface area contributed by atoms with Crippen LogP contribution in [0.15, 0.2) is 0 Å². The van der Waals surface area contributed by atoms with Gasteiger partial charge in [-0.3, -0.25) is 4.79 Å². The summed E-state index contributed by atoms with van der Waals surface area (Å²) in [4.78, 5) is 26.1. The van der Waals surface area contributed by atoms with Crippen molar-refractivity contribution in [3.8, 4) is 0 Å². The lowest BCUT2D eigenvalue weighted by atomic mass is 9.87. The Kier molecular flexibility index (Phi) is 6.09. The summed E-state index contributed by atoms with van der Waals surface area (Å²) < 4.78 is 0. The van der Waals surface area contributed by atoms with E-state index in [0.717, 1.165) is 62.7 Å². The number of fused-ring (bicyclic) bond motifs is 1. The normalized spacial score (nSPS) is 23.2. The van der Waals surface area contributed by atoms with E-state index >= 15 is 0 Å². The predicted octanol–water partition coefficient (Wildman–Crippen LogP) is 1.10. The number of rotatable bonds is 5. The molecule has 2 aliphatic rings. The second kappa shape index (κ2) is 8.31. The van der Waals surface area contributed by atoms with Gasteiger partial charge in [-0.2, -0.15) is 0 Å². The Morgan fingerprint density at radius 2 is 2.08 bits per heavy atom. The number of nitrogens with two attached hydrogens (primary N) is 1. The number of hydrogen-bond acceptors (Lipinski definition) is 6. The summed E-state index contributed by atoms with van der Waals surface area (Å²) in [5.41, 5.74) is 8.34. The van der Waals surface area contributed by atoms with Gasteiger partial charge in [0.15, 0.2) is 0 Å². The quantitative estimate of drug-likeness (QED) is 0.815. The molecular formula is C19H31N5O2. The third kappa shape index (κ3) is 3.99. The molecule has 1 aromatic rings. The van der Waals surface area contributed by atoms with E-state index in [1.54, 1.807) is 0 Å². The first-order valence-electron chi connectivity index (χ1n) is 9.73. The molecule has 1 aromatic heterocycles. The topological polar surface area (TPSA) is 95.6 Å². The first kappa shape index (κ1) is 19.0. The molecule has 144 valence electrons. The van der Waals surface area contributed by atoms with Crippen molar-refractivity contribution in [2.75, 3.05) is 39.5 Å². The minimum atomic E-state index is -0.0107. The summed E-state index contributed by atoms with van der Waals surface area (Å²) in [6, 6.07) is 0.440. The third-order valence-electron chi connectivity index (χ3n) is 5.78. The summed E-state index contributed by atoms with van der Waals surface area (Å²) in [7, 11) is 4.19. The van der Waals surface area contributed by atoms with Crippen molar-refractivity contribution in [1.29, 1.82) is 0 Å². The largest absolute Gasteiger partial charge is 0.396 e. The second-order valence-electron chi connectivity index (χ2n) is 7.76. The zero-order chi connectivity index (χ0) is 18.7. The van der Waals surface area contributed by atoms with Gasteiger partial charge in [-0.1, -0.05) is 0 Å². The maximum absolute atomic E-state index is 13.2. The number of nitrogen functional groups attached to an aromatic ring is 1. The van der Waals surface area contributed by atoms with E-state index in [1.165, 1.54) is 0 Å². The number of aliphatic hydroxyl groups excluding tert-OH is 1. The Hall–Kier alpha value is -1.73. The lowest BCUT2D eigenvalue weighted by Gasteiger charge is -2.41. The first-order chi connectivity index (χ1) is 12.5. The van der Waals surface area contributed by atoms with Gasteiger partial charge in [-0.15, -0.1) is 0 Å². The average molecular weight is 361 g/mol. The highest BCUT2D eigenvalue weighted by molar-refractivity contribution is 5.94. The predicted molar refractivity (Wildman–Crippen MR) is 101 cm³/mol. The lowest BCUT2D eigenvalue weighted by molar-refractivity contribution is 0.0489. The molecule has 3 rings (SSSR count). The molecule has 7 nitrogen and oxygen atoms in total. The van der Waals surface area contributed by atoms with Crippen LogP contribution in [0, 0.1) is 5.92 Å². The molecule has 1 fully saturated rings. The van der Waals surface area contributed by atoms with Crippen LogP contribution in [-0.4, -0.2) is 70.6 Å². The van der Waals surface area contributed by atoms with Gasteiger partial charge in [0.1, 0.15) is 5.69 Å². The summed E-state index contributed by atoms with van der Waals surface area (Å²) in [6.07, 6.45) is 6.54. The van der Waals surface area contributed by atoms with Crippen LogP contribution in [0.2, 0.25) is 0 Å². The Bertz CT molecular complexity index is 649. The lowest BCUT2D eigenvalue weighted by Crippen LogP contribution is -2.51. The number of piperidine rings is 1. The highest BCUT2D eigenvalue weighted by atomic mass is 16.3. The molecular weight excluding hydrogens is 330 g/mol. The van der Waals surface area contributed by atoms with Crippen molar-refractivity contribution in [3.63, 3.8) is 0 Å². The SMILES string of the molecule is CN(C)[C@H]1CCN(C(=O)c2nc(N)nc3c2CCCC3)C[C@H]1CCCO. The van der Waals surface area contributed by atoms with Crippen LogP contribution in [0.4, 0.5) is 5.95 Å². The number of carbonyl (C=O) groups is 1. The Balaban J connectivity index is 1.81. The number of carbonyl (C=O) groups excluding carboxylic acids is 1. The number of hydrogen-bond donors (Lipinski definition) is 2. The number of aryl methyl sites for hydroxylation is 1. The number of anilines is 1. The van der Waals surface area contributed by atoms with E-state index in [2.05, 4.69) is 29.0 Å². The van der Waals surface area contributed by atoms with Crippen LogP contribution < -0.4 is 5.73 Å². The molecule has 1 saturated heterocycles. The van der Waals surface area contributed by atoms with Gasteiger partial charge in [0, 0.05) is 37.0 Å². The zero-order valence-corrected chi connectivity index (χ0v) is 15.9. The van der Waals surface area contributed by atoms with Gasteiger partial charge < -0.3 is 20.6 Å². The molecule has 0 unspecified atom stereocenters. The Morgan fingerprint density at radius 3 is 2.81 bits per heavy atom. The fourth-order valence-electron chi connectivity index (χ4n) is 4.46. The van der Waals surface area contributed by atoms with Crippen molar-refractivity contribution in [3.05, 3.63) is 17.0 Å². The zero-order valence-electron chi connectivity index (χ0n) is 15.9. The second-order valence-corrected chi connectivity index (χ2v) is 7.76. The van der Waals surface area contributed by atoms with Crippen LogP contribution >= 0.6 is 0 Å². The fourth-order valence-corrected chi connectivity index (χ4v) is 4.46. The standard InChI is InChI=1S/C19H31N5O2/c1-23(2)16-9-10-24(12-13(16)6-5-11-25)18(26)17-14-7-3-4-8-15(14)21-19(20)22-17/h13,16,25H,3-12H2,1-2H3,(H2,20,21,22)/t13-,16+/m1/s1. The first-order valence-corrected chi connectivity index (χ1v) is 9.73. The monoisotopic (exact) mass is 361 g/mol. The average Bonchev–Trinajstić information content (AvgIpc) is 2.64. The molecule has 2 heterocycles. The molecule has 0 saturated carbocycles. The van der Waals surface area contributed by atoms with Crippen LogP contribution in [0.25, 0.3) is 0 Å². The summed E-state index contributed by atoms with van der Waals surface area (Å²) in [5, 5.41) is 9.21. The molecule has 1 aliphatic carbocycles. The molecule has 3 N–H and O–H groups in total. The number of amides is 1. The Morgan fingerprint density at radius 1 is 1.31 bits per heavy atom. The maximum atomic E-state index is 13.2. The Labute approximate surface area is 155 Å². The third-order valence-corrected chi connectivity index (χ3v) is 5.78. The smallest absolute Gasteiger partial charge is 0.272 e. The maximum Gasteiger partial charge on any atom is 0.272 e. The molecule has 0 radical (unpaired) electrons. The van der Waals surface area contributed by atoms with E-state index < -0.39 is 0 Å². The van der Waals surface area contributed by atoms with E-state index in [-0.39, 0.29) is 18.5 Å². The summed E-state index contributed by atoms with van der Waals surface area (Å²) in [5.74, 6) is 0.558. The van der Waals surface area contributed by atoms with E-state index in [9.17, 15) is 9.90 Å². The minimum Gasteiger partial charge on any atom is -0.396 e. The van der Waals surface area contributed by atoms with E-state index in [0.29, 0.717) is 24.2 Å². The van der Waals surface area contributed by atoms with Crippen molar-refractivity contribution >= 4 is 11.9 Å². The number of aromatic nitrogens is 2. The van der Waals surface area contributed by atoms with Gasteiger partial charge in [0.2, 0.25) is 5.95 Å². The van der Waals surface area contributed by atoms with Gasteiger partial charge in [0.25, 0.3) is 5.91 Å². The van der Waals surface area contributed by atoms with Gasteiger partial charge in [-0.05, 0) is 65.0 Å². The van der Waals surface area contributed by atoms with E-state index in [4.69, 9.17) is 5.73 Å². The van der Waals surface area contributed by atoms with Crippen molar-refractivity contribution < 1.29 is 9.90 Å². The van der Waals surface area contributed by atoms with E-state index in [1.807, 2.05) is 4.90 Å². The van der Waals surface area contributed by atoms with Crippen molar-refractivity contribution in [2.24, 2.45) is 5.92 Å². The number of aliphatic hydroxyl groups is 1. The number of likely N-dealkylation sites (tertiary alicyclic amines) is 1. The minimum absolute atomic E-state index is 0.0107. The van der Waals surface area contributed by atoms with Gasteiger partial charge in [0.05, 0.1) is 0 Å². The molecule has 0 aromatic carbocycles. The summed E-state index contributed by atoms with van der Waals surface area (Å²) >= 11 is 0. The molecule has 1 amide bonds. The van der Waals surface area contributed by atoms with Gasteiger partial charge in [-0.25, -0.2) is 9.97 Å². The highest BCUT2D eigenvalue weighted by Gasteiger charge is 2.34. The molecule has 1 aliphatic heterocycles. The summed E-state index contributed by atoms with van der Waals surface area (Å²) in [6.45, 7) is 1.64. The molecule has 0 spiro atoms. The van der Waals surface area contributed by atoms with Gasteiger partial charge >= 0.3 is 0 Å². The molecule has 26 heavy (non-hydrogen) atoms. The molecule has 0 bridgehead atoms. The molecule has 2 atom stereocenters. The van der Waals surface area contributed by atoms with Crippen LogP contribution in [0.3, 0.4) is 0 Å². The number of nitrogens with zero attached hydrogens (tertiary/aromatic N) is 4. The van der Waals surface area contributed by atoms with Crippen molar-refractivity contribution in [2.45, 2.75) is 51.0 Å². The van der Waals surface area contributed by atoms with Crippen LogP contribution in [0.1, 0.15) is 53.8 Å². The fraction of sp³-hybridized carbons (Fsp3) is 0.737. The highest BCUT2D eigenvalue weighted by Crippen LogP contribution is 2.28. The van der Waals surface area contributed by atoms with Crippen LogP contribution in [-0.2, 0) is 12.8 Å². The molecule has 7 heteroatoms. The van der Waals surface area contributed by atoms with Crippen molar-refractivity contribution in [1.82, 2.24) is 19.8 Å².